The maximum atomic E-state index is 11.4. The van der Waals surface area contributed by atoms with Gasteiger partial charge in [0.1, 0.15) is 6.42 Å². The third kappa shape index (κ3) is 2.45. The fraction of sp³-hybridized carbons (Fsp3) is 0.154. The third-order valence-electron chi connectivity index (χ3n) is 2.56. The quantitative estimate of drug-likeness (QED) is 0.809. The molecule has 0 radical (unpaired) electrons. The van der Waals surface area contributed by atoms with Crippen LogP contribution in [0.3, 0.4) is 0 Å². The van der Waals surface area contributed by atoms with E-state index in [4.69, 9.17) is 5.11 Å². The number of carboxylic acid groups (broad SMARTS) is 1. The molecule has 1 aromatic heterocycles. The number of hydrogen-bond acceptors (Lipinski definition) is 3. The molecule has 0 unspecified atom stereocenters. The molecule has 1 aromatic carbocycles. The summed E-state index contributed by atoms with van der Waals surface area (Å²) in [6, 6.07) is 7.20. The number of nitrogens with zero attached hydrogens (tertiary/aromatic N) is 1. The van der Waals surface area contributed by atoms with Crippen LogP contribution in [0.15, 0.2) is 30.5 Å². The van der Waals surface area contributed by atoms with E-state index in [2.05, 4.69) is 10.3 Å². The van der Waals surface area contributed by atoms with Crippen molar-refractivity contribution in [2.24, 2.45) is 0 Å². The number of hydrogen-bond donors (Lipinski definition) is 2. The van der Waals surface area contributed by atoms with Gasteiger partial charge in [0.2, 0.25) is 5.91 Å². The number of amides is 1. The molecule has 0 spiro atoms. The first-order valence-electron chi connectivity index (χ1n) is 5.44. The van der Waals surface area contributed by atoms with E-state index in [0.717, 1.165) is 16.5 Å². The number of aromatic nitrogens is 1. The van der Waals surface area contributed by atoms with Crippen molar-refractivity contribution in [3.8, 4) is 0 Å². The van der Waals surface area contributed by atoms with Gasteiger partial charge in [0.05, 0.1) is 11.2 Å². The van der Waals surface area contributed by atoms with Crippen LogP contribution in [0.2, 0.25) is 0 Å². The summed E-state index contributed by atoms with van der Waals surface area (Å²) in [5.74, 6) is -1.70. The zero-order valence-electron chi connectivity index (χ0n) is 9.80. The summed E-state index contributed by atoms with van der Waals surface area (Å²) in [7, 11) is 0. The van der Waals surface area contributed by atoms with Crippen LogP contribution < -0.4 is 5.32 Å². The Morgan fingerprint density at radius 2 is 2.11 bits per heavy atom. The lowest BCUT2D eigenvalue weighted by atomic mass is 10.1. The molecule has 5 nitrogen and oxygen atoms in total. The maximum Gasteiger partial charge on any atom is 0.312 e. The molecule has 18 heavy (non-hydrogen) atoms. The highest BCUT2D eigenvalue weighted by atomic mass is 16.4. The average molecular weight is 244 g/mol. The second-order valence-corrected chi connectivity index (χ2v) is 3.95. The molecule has 0 fully saturated rings. The summed E-state index contributed by atoms with van der Waals surface area (Å²) in [4.78, 5) is 26.1. The van der Waals surface area contributed by atoms with Gasteiger partial charge >= 0.3 is 5.97 Å². The lowest BCUT2D eigenvalue weighted by Gasteiger charge is -2.09. The number of nitrogens with one attached hydrogen (secondary N) is 1. The molecule has 0 aliphatic heterocycles. The minimum absolute atomic E-state index is 0.545. The van der Waals surface area contributed by atoms with E-state index < -0.39 is 18.3 Å². The lowest BCUT2D eigenvalue weighted by Crippen LogP contribution is -2.16. The van der Waals surface area contributed by atoms with Crippen molar-refractivity contribution < 1.29 is 14.7 Å². The number of aliphatic carboxylic acids is 1. The first-order valence-corrected chi connectivity index (χ1v) is 5.44. The average Bonchev–Trinajstić information content (AvgIpc) is 2.32. The third-order valence-corrected chi connectivity index (χ3v) is 2.56. The molecule has 0 atom stereocenters. The minimum Gasteiger partial charge on any atom is -0.481 e. The standard InChI is InChI=1S/C13H12N2O3/c1-8-4-5-10(15-11(16)7-12(17)18)9-3-2-6-14-13(8)9/h2-6H,7H2,1H3,(H,15,16)(H,17,18). The second kappa shape index (κ2) is 4.83. The molecule has 2 aromatic rings. The topological polar surface area (TPSA) is 79.3 Å². The van der Waals surface area contributed by atoms with Crippen LogP contribution in [0, 0.1) is 6.92 Å². The summed E-state index contributed by atoms with van der Waals surface area (Å²) < 4.78 is 0. The van der Waals surface area contributed by atoms with Crippen molar-refractivity contribution >= 4 is 28.5 Å². The van der Waals surface area contributed by atoms with Crippen LogP contribution in [-0.2, 0) is 9.59 Å². The Labute approximate surface area is 103 Å². The van der Waals surface area contributed by atoms with Gasteiger partial charge in [-0.2, -0.15) is 0 Å². The molecule has 5 heteroatoms. The predicted octanol–water partition coefficient (Wildman–Crippen LogP) is 1.96. The van der Waals surface area contributed by atoms with Crippen molar-refractivity contribution in [3.05, 3.63) is 36.0 Å². The van der Waals surface area contributed by atoms with E-state index in [1.807, 2.05) is 19.1 Å². The van der Waals surface area contributed by atoms with E-state index in [1.54, 1.807) is 18.3 Å². The Morgan fingerprint density at radius 3 is 2.83 bits per heavy atom. The molecule has 0 saturated heterocycles. The van der Waals surface area contributed by atoms with Gasteiger partial charge in [0.15, 0.2) is 0 Å². The van der Waals surface area contributed by atoms with Gasteiger partial charge in [0.25, 0.3) is 0 Å². The zero-order chi connectivity index (χ0) is 13.1. The summed E-state index contributed by atoms with van der Waals surface area (Å²) in [5, 5.41) is 11.9. The Kier molecular flexibility index (Phi) is 3.23. The molecule has 2 rings (SSSR count). The number of aryl methyl sites for hydroxylation is 1. The minimum atomic E-state index is -1.15. The number of fused-ring (bicyclic) bond motifs is 1. The van der Waals surface area contributed by atoms with Crippen LogP contribution in [-0.4, -0.2) is 22.0 Å². The Bertz CT molecular complexity index is 623. The number of pyridine rings is 1. The summed E-state index contributed by atoms with van der Waals surface area (Å²) in [5.41, 5.74) is 2.38. The first-order chi connectivity index (χ1) is 8.58. The van der Waals surface area contributed by atoms with E-state index >= 15 is 0 Å². The fourth-order valence-corrected chi connectivity index (χ4v) is 1.75. The molecule has 0 aliphatic rings. The second-order valence-electron chi connectivity index (χ2n) is 3.95. The van der Waals surface area contributed by atoms with Gasteiger partial charge < -0.3 is 10.4 Å². The number of carbonyl (C=O) groups excluding carboxylic acids is 1. The summed E-state index contributed by atoms with van der Waals surface area (Å²) in [6.45, 7) is 1.93. The predicted molar refractivity (Wildman–Crippen MR) is 67.4 cm³/mol. The van der Waals surface area contributed by atoms with E-state index in [9.17, 15) is 9.59 Å². The molecule has 92 valence electrons. The Hall–Kier alpha value is -2.43. The number of rotatable bonds is 3. The fourth-order valence-electron chi connectivity index (χ4n) is 1.75. The van der Waals surface area contributed by atoms with Crippen molar-refractivity contribution in [2.45, 2.75) is 13.3 Å². The smallest absolute Gasteiger partial charge is 0.312 e. The molecule has 1 heterocycles. The van der Waals surface area contributed by atoms with Gasteiger partial charge in [-0.15, -0.1) is 0 Å². The highest BCUT2D eigenvalue weighted by Gasteiger charge is 2.10. The maximum absolute atomic E-state index is 11.4. The number of anilines is 1. The summed E-state index contributed by atoms with van der Waals surface area (Å²) >= 11 is 0. The molecule has 1 amide bonds. The Morgan fingerprint density at radius 1 is 1.33 bits per heavy atom. The van der Waals surface area contributed by atoms with Crippen molar-refractivity contribution in [2.75, 3.05) is 5.32 Å². The molecular weight excluding hydrogens is 232 g/mol. The molecule has 2 N–H and O–H groups in total. The summed E-state index contributed by atoms with van der Waals surface area (Å²) in [6.07, 6.45) is 1.13. The van der Waals surface area contributed by atoms with E-state index in [-0.39, 0.29) is 0 Å². The van der Waals surface area contributed by atoms with Gasteiger partial charge in [0, 0.05) is 11.6 Å². The highest BCUT2D eigenvalue weighted by Crippen LogP contribution is 2.24. The van der Waals surface area contributed by atoms with Crippen LogP contribution in [0.1, 0.15) is 12.0 Å². The molecule has 0 saturated carbocycles. The van der Waals surface area contributed by atoms with Gasteiger partial charge in [-0.3, -0.25) is 14.6 Å². The van der Waals surface area contributed by atoms with Crippen LogP contribution >= 0.6 is 0 Å². The first kappa shape index (κ1) is 12.0. The lowest BCUT2D eigenvalue weighted by molar-refractivity contribution is -0.139. The SMILES string of the molecule is Cc1ccc(NC(=O)CC(=O)O)c2cccnc12. The molecular formula is C13H12N2O3. The number of carbonyl (C=O) groups is 2. The molecule has 0 aliphatic carbocycles. The van der Waals surface area contributed by atoms with Crippen molar-refractivity contribution in [1.29, 1.82) is 0 Å². The van der Waals surface area contributed by atoms with Gasteiger partial charge in [-0.1, -0.05) is 6.07 Å². The highest BCUT2D eigenvalue weighted by molar-refractivity contribution is 6.06. The number of benzene rings is 1. The van der Waals surface area contributed by atoms with E-state index in [1.165, 1.54) is 0 Å². The van der Waals surface area contributed by atoms with Crippen LogP contribution in [0.5, 0.6) is 0 Å². The monoisotopic (exact) mass is 244 g/mol. The van der Waals surface area contributed by atoms with E-state index in [0.29, 0.717) is 5.69 Å². The van der Waals surface area contributed by atoms with Crippen LogP contribution in [0.25, 0.3) is 10.9 Å². The Balaban J connectivity index is 2.37. The zero-order valence-corrected chi connectivity index (χ0v) is 9.80. The molecule has 0 bridgehead atoms. The largest absolute Gasteiger partial charge is 0.481 e. The number of carboxylic acids is 1. The van der Waals surface area contributed by atoms with Crippen LogP contribution in [0.4, 0.5) is 5.69 Å². The van der Waals surface area contributed by atoms with Crippen molar-refractivity contribution in [1.82, 2.24) is 4.98 Å². The van der Waals surface area contributed by atoms with Crippen molar-refractivity contribution in [3.63, 3.8) is 0 Å². The van der Waals surface area contributed by atoms with Gasteiger partial charge in [-0.25, -0.2) is 0 Å². The normalized spacial score (nSPS) is 10.3. The van der Waals surface area contributed by atoms with Gasteiger partial charge in [-0.05, 0) is 30.7 Å².